The minimum atomic E-state index is 0.584. The molecule has 0 bridgehead atoms. The van der Waals surface area contributed by atoms with Crippen LogP contribution >= 0.6 is 0 Å². The Morgan fingerprint density at radius 3 is 2.38 bits per heavy atom. The molecule has 2 aliphatic rings. The lowest BCUT2D eigenvalue weighted by Gasteiger charge is -2.32. The van der Waals surface area contributed by atoms with Crippen molar-refractivity contribution >= 4 is 5.96 Å². The average molecular weight is 339 g/mol. The van der Waals surface area contributed by atoms with Gasteiger partial charge in [-0.05, 0) is 43.4 Å². The van der Waals surface area contributed by atoms with E-state index in [9.17, 15) is 0 Å². The molecule has 1 aliphatic carbocycles. The molecule has 1 saturated carbocycles. The Morgan fingerprint density at radius 2 is 1.79 bits per heavy atom. The van der Waals surface area contributed by atoms with E-state index in [0.29, 0.717) is 12.0 Å². The highest BCUT2D eigenvalue weighted by molar-refractivity contribution is 5.79. The van der Waals surface area contributed by atoms with Gasteiger partial charge < -0.3 is 15.4 Å². The minimum Gasteiger partial charge on any atom is -0.379 e. The lowest BCUT2D eigenvalue weighted by Crippen LogP contribution is -2.47. The van der Waals surface area contributed by atoms with E-state index in [1.54, 1.807) is 0 Å². The summed E-state index contributed by atoms with van der Waals surface area (Å²) in [6.45, 7) is 13.0. The van der Waals surface area contributed by atoms with E-state index in [-0.39, 0.29) is 0 Å². The highest BCUT2D eigenvalue weighted by Gasteiger charge is 2.23. The van der Waals surface area contributed by atoms with Crippen molar-refractivity contribution in [2.45, 2.75) is 52.5 Å². The standard InChI is InChI=1S/C19H38N4O/c1-15(2)17-5-7-18(8-6-17)22-19(20-4)21-13-16(3)14-23-9-11-24-12-10-23/h15-18H,5-14H2,1-4H3,(H2,20,21,22). The molecule has 0 aromatic rings. The third-order valence-electron chi connectivity index (χ3n) is 5.57. The molecule has 0 aromatic heterocycles. The van der Waals surface area contributed by atoms with Crippen molar-refractivity contribution in [1.82, 2.24) is 15.5 Å². The van der Waals surface area contributed by atoms with Gasteiger partial charge in [-0.15, -0.1) is 0 Å². The van der Waals surface area contributed by atoms with Gasteiger partial charge in [0, 0.05) is 39.3 Å². The van der Waals surface area contributed by atoms with Gasteiger partial charge >= 0.3 is 0 Å². The Labute approximate surface area is 148 Å². The van der Waals surface area contributed by atoms with Crippen LogP contribution in [0.5, 0.6) is 0 Å². The molecule has 1 heterocycles. The van der Waals surface area contributed by atoms with Crippen LogP contribution < -0.4 is 10.6 Å². The molecule has 2 rings (SSSR count). The highest BCUT2D eigenvalue weighted by Crippen LogP contribution is 2.29. The van der Waals surface area contributed by atoms with Gasteiger partial charge in [-0.1, -0.05) is 20.8 Å². The Bertz CT molecular complexity index is 372. The summed E-state index contributed by atoms with van der Waals surface area (Å²) >= 11 is 0. The smallest absolute Gasteiger partial charge is 0.191 e. The Kier molecular flexibility index (Phi) is 8.33. The molecule has 1 saturated heterocycles. The molecule has 0 amide bonds. The van der Waals surface area contributed by atoms with Gasteiger partial charge in [0.1, 0.15) is 0 Å². The molecule has 5 heteroatoms. The van der Waals surface area contributed by atoms with Crippen molar-refractivity contribution in [2.24, 2.45) is 22.7 Å². The van der Waals surface area contributed by atoms with Crippen LogP contribution in [0.1, 0.15) is 46.5 Å². The zero-order valence-electron chi connectivity index (χ0n) is 16.2. The monoisotopic (exact) mass is 338 g/mol. The molecule has 2 N–H and O–H groups in total. The fraction of sp³-hybridized carbons (Fsp3) is 0.947. The number of hydrogen-bond acceptors (Lipinski definition) is 3. The maximum atomic E-state index is 5.42. The maximum absolute atomic E-state index is 5.42. The number of guanidine groups is 1. The molecule has 0 aromatic carbocycles. The second-order valence-corrected chi connectivity index (χ2v) is 7.97. The lowest BCUT2D eigenvalue weighted by atomic mass is 9.80. The van der Waals surface area contributed by atoms with E-state index in [1.165, 1.54) is 25.7 Å². The van der Waals surface area contributed by atoms with Crippen LogP contribution in [-0.2, 0) is 4.74 Å². The summed E-state index contributed by atoms with van der Waals surface area (Å²) in [5, 5.41) is 7.15. The van der Waals surface area contributed by atoms with Gasteiger partial charge in [-0.25, -0.2) is 0 Å². The lowest BCUT2D eigenvalue weighted by molar-refractivity contribution is 0.0320. The molecule has 5 nitrogen and oxygen atoms in total. The van der Waals surface area contributed by atoms with Gasteiger partial charge in [-0.2, -0.15) is 0 Å². The van der Waals surface area contributed by atoms with Crippen molar-refractivity contribution in [1.29, 1.82) is 0 Å². The Hall–Kier alpha value is -0.810. The molecule has 1 unspecified atom stereocenters. The van der Waals surface area contributed by atoms with Crippen LogP contribution in [0.3, 0.4) is 0 Å². The van der Waals surface area contributed by atoms with E-state index < -0.39 is 0 Å². The first-order valence-electron chi connectivity index (χ1n) is 9.85. The summed E-state index contributed by atoms with van der Waals surface area (Å²) < 4.78 is 5.42. The molecule has 1 atom stereocenters. The predicted octanol–water partition coefficient (Wildman–Crippen LogP) is 2.33. The highest BCUT2D eigenvalue weighted by atomic mass is 16.5. The first-order chi connectivity index (χ1) is 11.6. The summed E-state index contributed by atoms with van der Waals surface area (Å²) in [6, 6.07) is 0.584. The van der Waals surface area contributed by atoms with E-state index in [2.05, 4.69) is 41.3 Å². The number of nitrogens with zero attached hydrogens (tertiary/aromatic N) is 2. The maximum Gasteiger partial charge on any atom is 0.191 e. The number of hydrogen-bond donors (Lipinski definition) is 2. The van der Waals surface area contributed by atoms with Crippen molar-refractivity contribution < 1.29 is 4.74 Å². The summed E-state index contributed by atoms with van der Waals surface area (Å²) in [5.41, 5.74) is 0. The van der Waals surface area contributed by atoms with Gasteiger partial charge in [0.2, 0.25) is 0 Å². The normalized spacial score (nSPS) is 28.0. The molecule has 24 heavy (non-hydrogen) atoms. The van der Waals surface area contributed by atoms with Crippen molar-refractivity contribution in [3.05, 3.63) is 0 Å². The van der Waals surface area contributed by atoms with Crippen LogP contribution in [0, 0.1) is 17.8 Å². The van der Waals surface area contributed by atoms with Crippen LogP contribution in [0.2, 0.25) is 0 Å². The average Bonchev–Trinajstić information content (AvgIpc) is 2.60. The van der Waals surface area contributed by atoms with Crippen LogP contribution in [0.4, 0.5) is 0 Å². The van der Waals surface area contributed by atoms with Crippen LogP contribution in [0.15, 0.2) is 4.99 Å². The van der Waals surface area contributed by atoms with Gasteiger partial charge in [-0.3, -0.25) is 9.89 Å². The molecule has 0 spiro atoms. The minimum absolute atomic E-state index is 0.584. The van der Waals surface area contributed by atoms with Gasteiger partial charge in [0.05, 0.1) is 13.2 Å². The third kappa shape index (κ3) is 6.60. The fourth-order valence-corrected chi connectivity index (χ4v) is 3.88. The van der Waals surface area contributed by atoms with E-state index in [0.717, 1.165) is 57.2 Å². The summed E-state index contributed by atoms with van der Waals surface area (Å²) in [7, 11) is 1.88. The Balaban J connectivity index is 1.65. The second kappa shape index (κ2) is 10.2. The fourth-order valence-electron chi connectivity index (χ4n) is 3.88. The number of ether oxygens (including phenoxy) is 1. The molecule has 2 fully saturated rings. The van der Waals surface area contributed by atoms with Crippen molar-refractivity contribution in [2.75, 3.05) is 46.4 Å². The van der Waals surface area contributed by atoms with Crippen molar-refractivity contribution in [3.8, 4) is 0 Å². The first-order valence-corrected chi connectivity index (χ1v) is 9.85. The van der Waals surface area contributed by atoms with Crippen LogP contribution in [-0.4, -0.2) is 63.3 Å². The predicted molar refractivity (Wildman–Crippen MR) is 102 cm³/mol. The molecular formula is C19H38N4O. The molecule has 140 valence electrons. The summed E-state index contributed by atoms with van der Waals surface area (Å²) in [4.78, 5) is 6.92. The number of nitrogens with one attached hydrogen (secondary N) is 2. The molecule has 1 aliphatic heterocycles. The molecule has 0 radical (unpaired) electrons. The molecular weight excluding hydrogens is 300 g/mol. The van der Waals surface area contributed by atoms with Crippen molar-refractivity contribution in [3.63, 3.8) is 0 Å². The quantitative estimate of drug-likeness (QED) is 0.576. The Morgan fingerprint density at radius 1 is 1.12 bits per heavy atom. The van der Waals surface area contributed by atoms with E-state index in [4.69, 9.17) is 4.74 Å². The zero-order chi connectivity index (χ0) is 17.4. The first kappa shape index (κ1) is 19.5. The summed E-state index contributed by atoms with van der Waals surface area (Å²) in [6.07, 6.45) is 5.24. The van der Waals surface area contributed by atoms with E-state index in [1.807, 2.05) is 7.05 Å². The number of morpholine rings is 1. The zero-order valence-corrected chi connectivity index (χ0v) is 16.2. The van der Waals surface area contributed by atoms with Gasteiger partial charge in [0.15, 0.2) is 5.96 Å². The van der Waals surface area contributed by atoms with Gasteiger partial charge in [0.25, 0.3) is 0 Å². The van der Waals surface area contributed by atoms with Crippen LogP contribution in [0.25, 0.3) is 0 Å². The van der Waals surface area contributed by atoms with E-state index >= 15 is 0 Å². The third-order valence-corrected chi connectivity index (χ3v) is 5.57. The number of rotatable bonds is 6. The number of aliphatic imine (C=N–C) groups is 1. The largest absolute Gasteiger partial charge is 0.379 e. The second-order valence-electron chi connectivity index (χ2n) is 7.97. The topological polar surface area (TPSA) is 48.9 Å². The summed E-state index contributed by atoms with van der Waals surface area (Å²) in [5.74, 6) is 3.31. The SMILES string of the molecule is CN=C(NCC(C)CN1CCOCC1)NC1CCC(C(C)C)CC1.